The second kappa shape index (κ2) is 5.02. The van der Waals surface area contributed by atoms with Gasteiger partial charge in [0.2, 0.25) is 0 Å². The Morgan fingerprint density at radius 2 is 1.96 bits per heavy atom. The number of ether oxygens (including phenoxy) is 1. The molecule has 0 aromatic carbocycles. The Morgan fingerprint density at radius 1 is 1.17 bits per heavy atom. The molecule has 4 rings (SSSR count). The lowest BCUT2D eigenvalue weighted by Gasteiger charge is -2.59. The van der Waals surface area contributed by atoms with Crippen LogP contribution in [0.5, 0.6) is 0 Å². The van der Waals surface area contributed by atoms with Gasteiger partial charge in [0.1, 0.15) is 5.78 Å². The Hall–Kier alpha value is -0.960. The van der Waals surface area contributed by atoms with E-state index in [2.05, 4.69) is 19.9 Å². The number of fused-ring (bicyclic) bond motifs is 5. The van der Waals surface area contributed by atoms with Gasteiger partial charge in [-0.2, -0.15) is 0 Å². The quantitative estimate of drug-likeness (QED) is 0.743. The third-order valence-electron chi connectivity index (χ3n) is 8.05. The normalized spacial score (nSPS) is 52.0. The van der Waals surface area contributed by atoms with Crippen molar-refractivity contribution in [1.82, 2.24) is 0 Å². The molecule has 3 heteroatoms. The summed E-state index contributed by atoms with van der Waals surface area (Å²) in [4.78, 5) is 24.4. The Bertz CT molecular complexity index is 579. The summed E-state index contributed by atoms with van der Waals surface area (Å²) in [5.41, 5.74) is -0.0318. The zero-order chi connectivity index (χ0) is 16.4. The van der Waals surface area contributed by atoms with Crippen molar-refractivity contribution in [2.75, 3.05) is 7.11 Å². The Morgan fingerprint density at radius 3 is 2.70 bits per heavy atom. The summed E-state index contributed by atoms with van der Waals surface area (Å²) in [6.07, 6.45) is 9.72. The molecule has 126 valence electrons. The number of rotatable bonds is 1. The molecule has 0 bridgehead atoms. The number of carbonyl (C=O) groups is 2. The summed E-state index contributed by atoms with van der Waals surface area (Å²) in [5.74, 6) is 2.59. The van der Waals surface area contributed by atoms with Crippen molar-refractivity contribution < 1.29 is 14.3 Å². The van der Waals surface area contributed by atoms with Crippen LogP contribution >= 0.6 is 0 Å². The lowest BCUT2D eigenvalue weighted by atomic mass is 9.45. The summed E-state index contributed by atoms with van der Waals surface area (Å²) >= 11 is 0. The number of allylic oxidation sites excluding steroid dienone is 2. The number of carbonyl (C=O) groups excluding carboxylic acids is 2. The molecule has 2 unspecified atom stereocenters. The maximum Gasteiger partial charge on any atom is 0.155 e. The Balaban J connectivity index is 1.76. The van der Waals surface area contributed by atoms with Crippen LogP contribution in [0.3, 0.4) is 0 Å². The SMILES string of the molecule is COC1CC2CC(=O)C=C[C@]2(C)[C@@H]2CC[C@]3(C)C(=O)CC[C@H]3[C@H]12. The van der Waals surface area contributed by atoms with Crippen LogP contribution in [0.25, 0.3) is 0 Å². The summed E-state index contributed by atoms with van der Waals surface area (Å²) < 4.78 is 5.93. The Kier molecular flexibility index (Phi) is 3.39. The smallest absolute Gasteiger partial charge is 0.155 e. The zero-order valence-electron chi connectivity index (χ0n) is 14.5. The van der Waals surface area contributed by atoms with E-state index in [0.717, 1.165) is 32.1 Å². The summed E-state index contributed by atoms with van der Waals surface area (Å²) in [6, 6.07) is 0. The molecule has 3 nitrogen and oxygen atoms in total. The van der Waals surface area contributed by atoms with E-state index in [1.165, 1.54) is 0 Å². The van der Waals surface area contributed by atoms with Gasteiger partial charge in [-0.25, -0.2) is 0 Å². The van der Waals surface area contributed by atoms with Crippen LogP contribution in [0.1, 0.15) is 52.4 Å². The number of hydrogen-bond donors (Lipinski definition) is 0. The molecule has 0 N–H and O–H groups in total. The zero-order valence-corrected chi connectivity index (χ0v) is 14.5. The molecule has 3 saturated carbocycles. The van der Waals surface area contributed by atoms with E-state index in [1.54, 1.807) is 0 Å². The largest absolute Gasteiger partial charge is 0.381 e. The second-order valence-corrected chi connectivity index (χ2v) is 8.78. The molecule has 0 aromatic rings. The van der Waals surface area contributed by atoms with Crippen molar-refractivity contribution >= 4 is 11.6 Å². The van der Waals surface area contributed by atoms with Crippen molar-refractivity contribution in [3.8, 4) is 0 Å². The van der Waals surface area contributed by atoms with Gasteiger partial charge in [0.05, 0.1) is 6.10 Å². The van der Waals surface area contributed by atoms with Gasteiger partial charge >= 0.3 is 0 Å². The van der Waals surface area contributed by atoms with Crippen molar-refractivity contribution in [1.29, 1.82) is 0 Å². The maximum absolute atomic E-state index is 12.5. The first-order valence-electron chi connectivity index (χ1n) is 9.18. The maximum atomic E-state index is 12.5. The summed E-state index contributed by atoms with van der Waals surface area (Å²) in [7, 11) is 1.81. The molecule has 0 spiro atoms. The van der Waals surface area contributed by atoms with Crippen LogP contribution in [0.2, 0.25) is 0 Å². The molecule has 0 aliphatic heterocycles. The fourth-order valence-corrected chi connectivity index (χ4v) is 6.61. The van der Waals surface area contributed by atoms with Gasteiger partial charge in [0.25, 0.3) is 0 Å². The van der Waals surface area contributed by atoms with Crippen LogP contribution < -0.4 is 0 Å². The number of methoxy groups -OCH3 is 1. The predicted molar refractivity (Wildman–Crippen MR) is 87.8 cm³/mol. The van der Waals surface area contributed by atoms with Gasteiger partial charge < -0.3 is 4.74 Å². The van der Waals surface area contributed by atoms with Gasteiger partial charge in [0.15, 0.2) is 5.78 Å². The van der Waals surface area contributed by atoms with Crippen molar-refractivity contribution in [2.45, 2.75) is 58.5 Å². The second-order valence-electron chi connectivity index (χ2n) is 8.78. The van der Waals surface area contributed by atoms with Gasteiger partial charge in [-0.3, -0.25) is 9.59 Å². The predicted octanol–water partition coefficient (Wildman–Crippen LogP) is 3.57. The first-order valence-corrected chi connectivity index (χ1v) is 9.18. The van der Waals surface area contributed by atoms with Crippen LogP contribution in [0.4, 0.5) is 0 Å². The standard InChI is InChI=1S/C20H28O3/c1-19-8-6-13(21)10-12(19)11-16(23-3)18-14-4-5-17(22)20(14,2)9-7-15(18)19/h6,8,12,14-16,18H,4-5,7,9-11H2,1-3H3/t12?,14-,15+,16?,18-,19-,20-/m0/s1. The third kappa shape index (κ3) is 1.98. The van der Waals surface area contributed by atoms with E-state index in [0.29, 0.717) is 35.9 Å². The summed E-state index contributed by atoms with van der Waals surface area (Å²) in [5, 5.41) is 0. The van der Waals surface area contributed by atoms with E-state index in [1.807, 2.05) is 13.2 Å². The highest BCUT2D eigenvalue weighted by Gasteiger charge is 2.62. The highest BCUT2D eigenvalue weighted by molar-refractivity contribution is 5.91. The highest BCUT2D eigenvalue weighted by Crippen LogP contribution is 2.64. The van der Waals surface area contributed by atoms with Gasteiger partial charge in [-0.15, -0.1) is 0 Å². The van der Waals surface area contributed by atoms with Crippen LogP contribution in [0, 0.1) is 34.5 Å². The first-order chi connectivity index (χ1) is 10.9. The van der Waals surface area contributed by atoms with E-state index >= 15 is 0 Å². The summed E-state index contributed by atoms with van der Waals surface area (Å²) in [6.45, 7) is 4.55. The minimum absolute atomic E-state index is 0.0978. The molecule has 0 amide bonds. The number of ketones is 2. The van der Waals surface area contributed by atoms with Crippen molar-refractivity contribution in [3.05, 3.63) is 12.2 Å². The van der Waals surface area contributed by atoms with E-state index in [4.69, 9.17) is 4.74 Å². The van der Waals surface area contributed by atoms with E-state index in [-0.39, 0.29) is 22.7 Å². The molecule has 0 heterocycles. The molecule has 0 aromatic heterocycles. The average molecular weight is 316 g/mol. The van der Waals surface area contributed by atoms with Crippen LogP contribution in [0.15, 0.2) is 12.2 Å². The molecule has 23 heavy (non-hydrogen) atoms. The molecular formula is C20H28O3. The van der Waals surface area contributed by atoms with E-state index < -0.39 is 0 Å². The van der Waals surface area contributed by atoms with Gasteiger partial charge in [-0.05, 0) is 60.8 Å². The molecule has 4 aliphatic carbocycles. The van der Waals surface area contributed by atoms with Gasteiger partial charge in [-0.1, -0.05) is 19.9 Å². The fraction of sp³-hybridized carbons (Fsp3) is 0.800. The molecule has 3 fully saturated rings. The van der Waals surface area contributed by atoms with Crippen molar-refractivity contribution in [2.24, 2.45) is 34.5 Å². The Labute approximate surface area is 138 Å². The fourth-order valence-electron chi connectivity index (χ4n) is 6.61. The van der Waals surface area contributed by atoms with Gasteiger partial charge in [0, 0.05) is 25.4 Å². The molecule has 0 radical (unpaired) electrons. The minimum Gasteiger partial charge on any atom is -0.381 e. The van der Waals surface area contributed by atoms with Crippen LogP contribution in [-0.2, 0) is 14.3 Å². The molecule has 4 aliphatic rings. The molecule has 7 atom stereocenters. The monoisotopic (exact) mass is 316 g/mol. The van der Waals surface area contributed by atoms with Crippen molar-refractivity contribution in [3.63, 3.8) is 0 Å². The molecule has 0 saturated heterocycles. The number of Topliss-reactive ketones (excluding diaryl/α,β-unsaturated/α-hetero) is 1. The van der Waals surface area contributed by atoms with E-state index in [9.17, 15) is 9.59 Å². The third-order valence-corrected chi connectivity index (χ3v) is 8.05. The molecular weight excluding hydrogens is 288 g/mol. The first kappa shape index (κ1) is 15.6. The highest BCUT2D eigenvalue weighted by atomic mass is 16.5. The minimum atomic E-state index is -0.130. The topological polar surface area (TPSA) is 43.4 Å². The van der Waals surface area contributed by atoms with Crippen LogP contribution in [-0.4, -0.2) is 24.8 Å². The lowest BCUT2D eigenvalue weighted by Crippen LogP contribution is -2.57. The average Bonchev–Trinajstić information content (AvgIpc) is 2.83. The lowest BCUT2D eigenvalue weighted by molar-refractivity contribution is -0.156. The number of hydrogen-bond acceptors (Lipinski definition) is 3.